The molecule has 0 bridgehead atoms. The fourth-order valence-corrected chi connectivity index (χ4v) is 8.58. The van der Waals surface area contributed by atoms with Crippen LogP contribution in [-0.4, -0.2) is 82.6 Å². The topological polar surface area (TPSA) is 93.6 Å². The molecule has 0 amide bonds. The van der Waals surface area contributed by atoms with Gasteiger partial charge in [-0.05, 0) is 95.6 Å². The molecule has 2 fully saturated rings. The van der Waals surface area contributed by atoms with E-state index in [0.717, 1.165) is 61.4 Å². The molecule has 0 N–H and O–H groups in total. The van der Waals surface area contributed by atoms with Gasteiger partial charge in [-0.15, -0.1) is 4.40 Å². The number of sulfonamides is 2. The molecule has 0 aliphatic carbocycles. The van der Waals surface area contributed by atoms with Crippen LogP contribution in [0.5, 0.6) is 0 Å². The van der Waals surface area contributed by atoms with Crippen molar-refractivity contribution in [1.29, 1.82) is 0 Å². The second kappa shape index (κ2) is 13.4. The number of hydrogen-bond acceptors (Lipinski definition) is 6. The number of nitrogens with zero attached hydrogens (tertiary/aromatic N) is 5. The maximum Gasteiger partial charge on any atom is 0.283 e. The second-order valence-electron chi connectivity index (χ2n) is 11.5. The van der Waals surface area contributed by atoms with Crippen LogP contribution in [0.1, 0.15) is 49.5 Å². The van der Waals surface area contributed by atoms with E-state index in [9.17, 15) is 16.8 Å². The van der Waals surface area contributed by atoms with Crippen LogP contribution in [-0.2, 0) is 20.0 Å². The lowest BCUT2D eigenvalue weighted by Crippen LogP contribution is -2.42. The van der Waals surface area contributed by atoms with E-state index in [2.05, 4.69) is 28.0 Å². The zero-order chi connectivity index (χ0) is 31.5. The summed E-state index contributed by atoms with van der Waals surface area (Å²) in [6.07, 6.45) is 1.30. The highest BCUT2D eigenvalue weighted by molar-refractivity contribution is 7.90. The summed E-state index contributed by atoms with van der Waals surface area (Å²) < 4.78 is 61.6. The largest absolute Gasteiger partial charge is 0.372 e. The third kappa shape index (κ3) is 6.86. The molecular formula is C33H43N5O4S2. The van der Waals surface area contributed by atoms with Crippen molar-refractivity contribution >= 4 is 31.6 Å². The predicted molar refractivity (Wildman–Crippen MR) is 176 cm³/mol. The third-order valence-electron chi connectivity index (χ3n) is 8.52. The van der Waals surface area contributed by atoms with Crippen molar-refractivity contribution in [2.24, 2.45) is 4.40 Å². The van der Waals surface area contributed by atoms with Gasteiger partial charge in [0, 0.05) is 31.9 Å². The lowest BCUT2D eigenvalue weighted by Gasteiger charge is -2.33. The fraction of sp³-hybridized carbons (Fsp3) is 0.424. The Balaban J connectivity index is 1.62. The highest BCUT2D eigenvalue weighted by Crippen LogP contribution is 2.37. The first-order chi connectivity index (χ1) is 21.0. The number of hydrogen-bond donors (Lipinski definition) is 0. The standard InChI is InChI=1S/C33H43N5O4S2/c1-5-36(6-2)29-15-13-28(14-16-29)33-37(23-24-38(33)44(41,42)31-19-11-27(4)12-20-31)32(25-35-21-7-8-22-35)34-43(39,40)30-17-9-26(3)10-18-30/h9-20,33H,5-8,21-25H2,1-4H3/t33-/m1/s1. The molecule has 3 aromatic rings. The summed E-state index contributed by atoms with van der Waals surface area (Å²) in [6, 6.07) is 21.4. The number of benzene rings is 3. The SMILES string of the molecule is CCN(CC)c1ccc([C@@H]2N(C(CN3CCCC3)=NS(=O)(=O)c3ccc(C)cc3)CCN2S(=O)(=O)c2ccc(C)cc2)cc1. The Labute approximate surface area is 262 Å². The van der Waals surface area contributed by atoms with Crippen LogP contribution in [0.2, 0.25) is 0 Å². The van der Waals surface area contributed by atoms with E-state index in [0.29, 0.717) is 18.9 Å². The molecule has 236 valence electrons. The molecule has 2 aliphatic heterocycles. The molecule has 5 rings (SSSR count). The molecular weight excluding hydrogens is 595 g/mol. The van der Waals surface area contributed by atoms with Gasteiger partial charge >= 0.3 is 0 Å². The number of anilines is 1. The molecule has 9 nitrogen and oxygen atoms in total. The summed E-state index contributed by atoms with van der Waals surface area (Å²) in [5, 5.41) is 0. The molecule has 44 heavy (non-hydrogen) atoms. The third-order valence-corrected chi connectivity index (χ3v) is 11.7. The fourth-order valence-electron chi connectivity index (χ4n) is 5.98. The van der Waals surface area contributed by atoms with Crippen LogP contribution < -0.4 is 4.90 Å². The van der Waals surface area contributed by atoms with Gasteiger partial charge in [0.15, 0.2) is 0 Å². The molecule has 0 unspecified atom stereocenters. The van der Waals surface area contributed by atoms with E-state index in [1.54, 1.807) is 48.5 Å². The van der Waals surface area contributed by atoms with Crippen molar-refractivity contribution < 1.29 is 16.8 Å². The Morgan fingerprint density at radius 2 is 1.30 bits per heavy atom. The van der Waals surface area contributed by atoms with Gasteiger partial charge in [0.05, 0.1) is 16.3 Å². The average Bonchev–Trinajstić information content (AvgIpc) is 3.69. The molecule has 3 aromatic carbocycles. The van der Waals surface area contributed by atoms with E-state index in [4.69, 9.17) is 0 Å². The molecule has 1 atom stereocenters. The van der Waals surface area contributed by atoms with Crippen LogP contribution in [0, 0.1) is 13.8 Å². The van der Waals surface area contributed by atoms with E-state index in [1.165, 1.54) is 4.31 Å². The Morgan fingerprint density at radius 3 is 1.84 bits per heavy atom. The molecule has 2 saturated heterocycles. The van der Waals surface area contributed by atoms with Gasteiger partial charge in [-0.25, -0.2) is 8.42 Å². The first-order valence-electron chi connectivity index (χ1n) is 15.4. The van der Waals surface area contributed by atoms with E-state index >= 15 is 0 Å². The van der Waals surface area contributed by atoms with Crippen LogP contribution in [0.3, 0.4) is 0 Å². The number of aryl methyl sites for hydroxylation is 2. The van der Waals surface area contributed by atoms with Crippen molar-refractivity contribution in [3.05, 3.63) is 89.5 Å². The summed E-state index contributed by atoms with van der Waals surface area (Å²) in [6.45, 7) is 12.2. The van der Waals surface area contributed by atoms with E-state index in [-0.39, 0.29) is 16.3 Å². The first kappa shape index (κ1) is 32.2. The lowest BCUT2D eigenvalue weighted by molar-refractivity contribution is 0.271. The van der Waals surface area contributed by atoms with Crippen molar-refractivity contribution in [2.45, 2.75) is 56.5 Å². The summed E-state index contributed by atoms with van der Waals surface area (Å²) in [4.78, 5) is 6.62. The van der Waals surface area contributed by atoms with Crippen molar-refractivity contribution in [1.82, 2.24) is 14.1 Å². The van der Waals surface area contributed by atoms with Crippen molar-refractivity contribution in [3.63, 3.8) is 0 Å². The molecule has 2 aliphatic rings. The smallest absolute Gasteiger partial charge is 0.283 e. The quantitative estimate of drug-likeness (QED) is 0.227. The lowest BCUT2D eigenvalue weighted by atomic mass is 10.1. The number of rotatable bonds is 10. The van der Waals surface area contributed by atoms with Crippen LogP contribution in [0.25, 0.3) is 0 Å². The van der Waals surface area contributed by atoms with Gasteiger partial charge in [0.25, 0.3) is 10.0 Å². The summed E-state index contributed by atoms with van der Waals surface area (Å²) >= 11 is 0. The van der Waals surface area contributed by atoms with Crippen molar-refractivity contribution in [2.75, 3.05) is 50.7 Å². The highest BCUT2D eigenvalue weighted by Gasteiger charge is 2.43. The van der Waals surface area contributed by atoms with Gasteiger partial charge in [-0.3, -0.25) is 4.90 Å². The van der Waals surface area contributed by atoms with Gasteiger partial charge in [-0.1, -0.05) is 47.5 Å². The van der Waals surface area contributed by atoms with Crippen LogP contribution in [0.4, 0.5) is 5.69 Å². The summed E-state index contributed by atoms with van der Waals surface area (Å²) in [7, 11) is -7.97. The van der Waals surface area contributed by atoms with Crippen LogP contribution >= 0.6 is 0 Å². The number of amidine groups is 1. The molecule has 11 heteroatoms. The average molecular weight is 638 g/mol. The Bertz CT molecular complexity index is 1660. The van der Waals surface area contributed by atoms with E-state index < -0.39 is 26.2 Å². The second-order valence-corrected chi connectivity index (χ2v) is 15.0. The molecule has 2 heterocycles. The minimum Gasteiger partial charge on any atom is -0.372 e. The van der Waals surface area contributed by atoms with Gasteiger partial charge < -0.3 is 9.80 Å². The van der Waals surface area contributed by atoms with Crippen molar-refractivity contribution in [3.8, 4) is 0 Å². The first-order valence-corrected chi connectivity index (χ1v) is 18.2. The van der Waals surface area contributed by atoms with Gasteiger partial charge in [-0.2, -0.15) is 12.7 Å². The Hall–Kier alpha value is -3.25. The minimum absolute atomic E-state index is 0.116. The van der Waals surface area contributed by atoms with E-state index in [1.807, 2.05) is 43.0 Å². The van der Waals surface area contributed by atoms with Gasteiger partial charge in [0.1, 0.15) is 12.0 Å². The van der Waals surface area contributed by atoms with Crippen LogP contribution in [0.15, 0.2) is 87.0 Å². The normalized spacial score (nSPS) is 18.7. The zero-order valence-electron chi connectivity index (χ0n) is 26.1. The summed E-state index contributed by atoms with van der Waals surface area (Å²) in [5.74, 6) is 0.354. The predicted octanol–water partition coefficient (Wildman–Crippen LogP) is 5.04. The molecule has 0 radical (unpaired) electrons. The zero-order valence-corrected chi connectivity index (χ0v) is 27.7. The molecule has 0 spiro atoms. The van der Waals surface area contributed by atoms with Gasteiger partial charge in [0.2, 0.25) is 10.0 Å². The Morgan fingerprint density at radius 1 is 0.750 bits per heavy atom. The monoisotopic (exact) mass is 637 g/mol. The highest BCUT2D eigenvalue weighted by atomic mass is 32.2. The molecule has 0 aromatic heterocycles. The number of likely N-dealkylation sites (tertiary alicyclic amines) is 1. The maximum absolute atomic E-state index is 14.2. The molecule has 0 saturated carbocycles. The summed E-state index contributed by atoms with van der Waals surface area (Å²) in [5.41, 5.74) is 3.73. The maximum atomic E-state index is 14.2. The minimum atomic E-state index is -4.05. The Kier molecular flexibility index (Phi) is 9.79.